The molecule has 3 aromatic carbocycles. The van der Waals surface area contributed by atoms with Gasteiger partial charge in [-0.05, 0) is 42.0 Å². The minimum absolute atomic E-state index is 0.0317. The van der Waals surface area contributed by atoms with Crippen LogP contribution in [0.2, 0.25) is 0 Å². The van der Waals surface area contributed by atoms with Crippen molar-refractivity contribution in [3.63, 3.8) is 0 Å². The smallest absolute Gasteiger partial charge is 0.420 e. The fourth-order valence-corrected chi connectivity index (χ4v) is 2.98. The first-order valence-corrected chi connectivity index (χ1v) is 9.29. The zero-order chi connectivity index (χ0) is 20.9. The van der Waals surface area contributed by atoms with Crippen molar-refractivity contribution in [2.24, 2.45) is 0 Å². The van der Waals surface area contributed by atoms with E-state index in [0.717, 1.165) is 5.56 Å². The van der Waals surface area contributed by atoms with Crippen molar-refractivity contribution < 1.29 is 18.7 Å². The maximum absolute atomic E-state index is 12.3. The Morgan fingerprint density at radius 2 is 1.60 bits per heavy atom. The van der Waals surface area contributed by atoms with Crippen LogP contribution in [0.25, 0.3) is 11.1 Å². The van der Waals surface area contributed by atoms with Gasteiger partial charge in [0, 0.05) is 11.3 Å². The van der Waals surface area contributed by atoms with Gasteiger partial charge in [0.05, 0.1) is 5.52 Å². The van der Waals surface area contributed by atoms with Crippen LogP contribution in [0.1, 0.15) is 15.9 Å². The molecular weight excluding hydrogens is 384 g/mol. The molecule has 0 saturated heterocycles. The lowest BCUT2D eigenvalue weighted by atomic mass is 10.1. The second kappa shape index (κ2) is 8.48. The van der Waals surface area contributed by atoms with Gasteiger partial charge in [0.2, 0.25) is 0 Å². The highest BCUT2D eigenvalue weighted by molar-refractivity contribution is 6.04. The predicted octanol–water partition coefficient (Wildman–Crippen LogP) is 3.59. The van der Waals surface area contributed by atoms with E-state index in [0.29, 0.717) is 22.4 Å². The molecule has 1 heterocycles. The number of fused-ring (bicyclic) bond motifs is 1. The van der Waals surface area contributed by atoms with Crippen LogP contribution in [-0.2, 0) is 22.7 Å². The number of benzene rings is 3. The topological polar surface area (TPSA) is 90.5 Å². The van der Waals surface area contributed by atoms with Crippen LogP contribution in [0.5, 0.6) is 0 Å². The number of hydrogen-bond acceptors (Lipinski definition) is 5. The van der Waals surface area contributed by atoms with Gasteiger partial charge in [-0.15, -0.1) is 0 Å². The molecule has 0 aliphatic rings. The highest BCUT2D eigenvalue weighted by Gasteiger charge is 2.13. The molecule has 1 amide bonds. The summed E-state index contributed by atoms with van der Waals surface area (Å²) >= 11 is 0. The summed E-state index contributed by atoms with van der Waals surface area (Å²) in [5.74, 6) is -1.40. The van der Waals surface area contributed by atoms with E-state index < -0.39 is 11.7 Å². The largest absolute Gasteiger partial charge is 0.459 e. The Labute approximate surface area is 171 Å². The van der Waals surface area contributed by atoms with Crippen LogP contribution in [-0.4, -0.2) is 16.4 Å². The number of nitrogens with one attached hydrogen (secondary N) is 1. The third-order valence-corrected chi connectivity index (χ3v) is 4.51. The molecule has 1 N–H and O–H groups in total. The quantitative estimate of drug-likeness (QED) is 0.498. The average molecular weight is 402 g/mol. The van der Waals surface area contributed by atoms with Crippen molar-refractivity contribution in [3.05, 3.63) is 101 Å². The molecule has 0 unspecified atom stereocenters. The number of oxazole rings is 1. The highest BCUT2D eigenvalue weighted by atomic mass is 16.5. The van der Waals surface area contributed by atoms with Crippen molar-refractivity contribution in [3.8, 4) is 0 Å². The maximum Gasteiger partial charge on any atom is 0.420 e. The molecule has 0 spiro atoms. The number of hydrogen-bond donors (Lipinski definition) is 1. The first kappa shape index (κ1) is 19.2. The number of esters is 1. The number of para-hydroxylation sites is 3. The van der Waals surface area contributed by atoms with Crippen LogP contribution in [0.4, 0.5) is 5.69 Å². The standard InChI is InChI=1S/C23H18N2O5/c26-21(14-25-19-8-4-5-9-20(19)30-23(25)28)29-15-16-10-12-17(13-11-16)22(27)24-18-6-2-1-3-7-18/h1-13H,14-15H2,(H,24,27). The van der Waals surface area contributed by atoms with Crippen LogP contribution in [0.3, 0.4) is 0 Å². The lowest BCUT2D eigenvalue weighted by molar-refractivity contribution is -0.145. The first-order chi connectivity index (χ1) is 14.6. The van der Waals surface area contributed by atoms with Gasteiger partial charge in [0.25, 0.3) is 5.91 Å². The molecule has 0 saturated carbocycles. The Morgan fingerprint density at radius 3 is 2.37 bits per heavy atom. The molecule has 0 aliphatic heterocycles. The van der Waals surface area contributed by atoms with Gasteiger partial charge in [-0.2, -0.15) is 0 Å². The molecule has 1 aromatic heterocycles. The molecule has 30 heavy (non-hydrogen) atoms. The van der Waals surface area contributed by atoms with Crippen molar-refractivity contribution in [1.29, 1.82) is 0 Å². The van der Waals surface area contributed by atoms with Gasteiger partial charge in [-0.1, -0.05) is 42.5 Å². The fourth-order valence-electron chi connectivity index (χ4n) is 2.98. The zero-order valence-corrected chi connectivity index (χ0v) is 15.9. The van der Waals surface area contributed by atoms with E-state index in [4.69, 9.17) is 9.15 Å². The number of amides is 1. The summed E-state index contributed by atoms with van der Waals surface area (Å²) in [7, 11) is 0. The lowest BCUT2D eigenvalue weighted by Crippen LogP contribution is -2.21. The van der Waals surface area contributed by atoms with Crippen molar-refractivity contribution in [2.75, 3.05) is 5.32 Å². The fraction of sp³-hybridized carbons (Fsp3) is 0.0870. The van der Waals surface area contributed by atoms with Crippen LogP contribution in [0, 0.1) is 0 Å². The minimum Gasteiger partial charge on any atom is -0.459 e. The van der Waals surface area contributed by atoms with Crippen molar-refractivity contribution in [1.82, 2.24) is 4.57 Å². The van der Waals surface area contributed by atoms with E-state index in [1.165, 1.54) is 4.57 Å². The highest BCUT2D eigenvalue weighted by Crippen LogP contribution is 2.13. The summed E-state index contributed by atoms with van der Waals surface area (Å²) in [6.07, 6.45) is 0. The molecule has 7 nitrogen and oxygen atoms in total. The Hall–Kier alpha value is -4.13. The van der Waals surface area contributed by atoms with E-state index in [2.05, 4.69) is 5.32 Å². The number of ether oxygens (including phenoxy) is 1. The monoisotopic (exact) mass is 402 g/mol. The Kier molecular flexibility index (Phi) is 5.43. The summed E-state index contributed by atoms with van der Waals surface area (Å²) < 4.78 is 11.6. The number of carbonyl (C=O) groups is 2. The van der Waals surface area contributed by atoms with Gasteiger partial charge in [0.1, 0.15) is 13.2 Å². The second-order valence-electron chi connectivity index (χ2n) is 6.60. The molecule has 0 atom stereocenters. The number of carbonyl (C=O) groups excluding carboxylic acids is 2. The molecule has 0 aliphatic carbocycles. The van der Waals surface area contributed by atoms with E-state index in [1.54, 1.807) is 60.7 Å². The summed E-state index contributed by atoms with van der Waals surface area (Å²) in [6.45, 7) is -0.211. The maximum atomic E-state index is 12.3. The van der Waals surface area contributed by atoms with E-state index in [-0.39, 0.29) is 19.1 Å². The van der Waals surface area contributed by atoms with Gasteiger partial charge in [-0.3, -0.25) is 14.2 Å². The van der Waals surface area contributed by atoms with Crippen LogP contribution < -0.4 is 11.1 Å². The number of aromatic nitrogens is 1. The van der Waals surface area contributed by atoms with Crippen LogP contribution >= 0.6 is 0 Å². The third-order valence-electron chi connectivity index (χ3n) is 4.51. The summed E-state index contributed by atoms with van der Waals surface area (Å²) in [6, 6.07) is 22.8. The van der Waals surface area contributed by atoms with Gasteiger partial charge in [0.15, 0.2) is 5.58 Å². The molecule has 7 heteroatoms. The number of nitrogens with zero attached hydrogens (tertiary/aromatic N) is 1. The Bertz CT molecular complexity index is 1240. The summed E-state index contributed by atoms with van der Waals surface area (Å²) in [5.41, 5.74) is 2.88. The van der Waals surface area contributed by atoms with Gasteiger partial charge in [-0.25, -0.2) is 4.79 Å². The molecule has 4 aromatic rings. The predicted molar refractivity (Wildman–Crippen MR) is 111 cm³/mol. The first-order valence-electron chi connectivity index (χ1n) is 9.29. The van der Waals surface area contributed by atoms with E-state index in [1.807, 2.05) is 18.2 Å². The summed E-state index contributed by atoms with van der Waals surface area (Å²) in [5, 5.41) is 2.81. The summed E-state index contributed by atoms with van der Waals surface area (Å²) in [4.78, 5) is 36.4. The SMILES string of the molecule is O=C(Cn1c(=O)oc2ccccc21)OCc1ccc(C(=O)Nc2ccccc2)cc1. The Balaban J connectivity index is 1.34. The molecule has 0 bridgehead atoms. The van der Waals surface area contributed by atoms with E-state index in [9.17, 15) is 14.4 Å². The average Bonchev–Trinajstić information content (AvgIpc) is 3.08. The normalized spacial score (nSPS) is 10.7. The third kappa shape index (κ3) is 4.30. The molecular formula is C23H18N2O5. The van der Waals surface area contributed by atoms with Gasteiger partial charge >= 0.3 is 11.7 Å². The van der Waals surface area contributed by atoms with Crippen molar-refractivity contribution >= 4 is 28.7 Å². The zero-order valence-electron chi connectivity index (χ0n) is 15.9. The second-order valence-corrected chi connectivity index (χ2v) is 6.60. The molecule has 4 rings (SSSR count). The number of anilines is 1. The molecule has 0 fully saturated rings. The Morgan fingerprint density at radius 1 is 0.900 bits per heavy atom. The minimum atomic E-state index is -0.609. The van der Waals surface area contributed by atoms with Gasteiger partial charge < -0.3 is 14.5 Å². The van der Waals surface area contributed by atoms with Crippen molar-refractivity contribution in [2.45, 2.75) is 13.2 Å². The molecule has 0 radical (unpaired) electrons. The lowest BCUT2D eigenvalue weighted by Gasteiger charge is -2.07. The van der Waals surface area contributed by atoms with Crippen LogP contribution in [0.15, 0.2) is 88.1 Å². The van der Waals surface area contributed by atoms with E-state index >= 15 is 0 Å². The molecule has 150 valence electrons. The number of rotatable bonds is 6.